The number of fused-ring (bicyclic) bond motifs is 1. The van der Waals surface area contributed by atoms with Crippen molar-refractivity contribution in [3.63, 3.8) is 0 Å². The van der Waals surface area contributed by atoms with Crippen molar-refractivity contribution in [2.75, 3.05) is 0 Å². The highest BCUT2D eigenvalue weighted by atomic mass is 19.1. The standard InChI is InChI=1S/C27H21FN2O4/c1-15-6-11-18(12-20(15)26(32)33)34-27-29-23-13-21(22(28)14-24(23)30-27)17-9-7-16(8-10-17)19-4-2-3-5-25(19)31/h2-9,11-14,17,31H,10H2,1H3,(H,29,30)(H,32,33). The number of aromatic nitrogens is 2. The number of aryl methyl sites for hydroxylation is 1. The summed E-state index contributed by atoms with van der Waals surface area (Å²) in [7, 11) is 0. The van der Waals surface area contributed by atoms with E-state index in [2.05, 4.69) is 9.97 Å². The van der Waals surface area contributed by atoms with Gasteiger partial charge in [-0.15, -0.1) is 0 Å². The molecule has 34 heavy (non-hydrogen) atoms. The molecule has 4 aromatic rings. The number of allylic oxidation sites excluding steroid dienone is 4. The third-order valence-electron chi connectivity index (χ3n) is 5.95. The van der Waals surface area contributed by atoms with Gasteiger partial charge in [-0.1, -0.05) is 42.5 Å². The number of hydrogen-bond acceptors (Lipinski definition) is 4. The molecule has 7 heteroatoms. The Kier molecular flexibility index (Phi) is 5.37. The van der Waals surface area contributed by atoms with Crippen molar-refractivity contribution >= 4 is 22.6 Å². The highest BCUT2D eigenvalue weighted by Crippen LogP contribution is 2.36. The van der Waals surface area contributed by atoms with Crippen molar-refractivity contribution in [2.24, 2.45) is 0 Å². The molecule has 1 heterocycles. The van der Waals surface area contributed by atoms with Crippen LogP contribution in [0.15, 0.2) is 72.8 Å². The SMILES string of the molecule is Cc1ccc(Oc2nc3cc(F)c(C4C=CC(c5ccccc5O)=CC4)cc3[nH]2)cc1C(=O)O. The van der Waals surface area contributed by atoms with Crippen LogP contribution in [-0.2, 0) is 0 Å². The van der Waals surface area contributed by atoms with Crippen LogP contribution in [0.25, 0.3) is 16.6 Å². The smallest absolute Gasteiger partial charge is 0.336 e. The number of hydrogen-bond donors (Lipinski definition) is 3. The van der Waals surface area contributed by atoms with Gasteiger partial charge in [-0.2, -0.15) is 4.98 Å². The molecule has 0 aliphatic heterocycles. The largest absolute Gasteiger partial charge is 0.507 e. The van der Waals surface area contributed by atoms with Crippen molar-refractivity contribution < 1.29 is 24.1 Å². The minimum atomic E-state index is -1.04. The number of aromatic carboxylic acids is 1. The Morgan fingerprint density at radius 2 is 2.00 bits per heavy atom. The molecule has 1 aromatic heterocycles. The number of rotatable bonds is 5. The molecule has 1 aliphatic carbocycles. The summed E-state index contributed by atoms with van der Waals surface area (Å²) in [6.45, 7) is 1.71. The van der Waals surface area contributed by atoms with Gasteiger partial charge in [0.2, 0.25) is 0 Å². The molecule has 3 aromatic carbocycles. The Hall–Kier alpha value is -4.39. The maximum absolute atomic E-state index is 15.0. The Bertz CT molecular complexity index is 1490. The monoisotopic (exact) mass is 456 g/mol. The van der Waals surface area contributed by atoms with Gasteiger partial charge in [-0.05, 0) is 54.3 Å². The first-order valence-electron chi connectivity index (χ1n) is 10.8. The summed E-state index contributed by atoms with van der Waals surface area (Å²) in [6, 6.07) is 15.1. The molecule has 0 bridgehead atoms. The van der Waals surface area contributed by atoms with E-state index in [-0.39, 0.29) is 29.1 Å². The van der Waals surface area contributed by atoms with Crippen LogP contribution >= 0.6 is 0 Å². The maximum atomic E-state index is 15.0. The van der Waals surface area contributed by atoms with Gasteiger partial charge in [0.15, 0.2) is 0 Å². The molecule has 0 spiro atoms. The molecule has 0 radical (unpaired) electrons. The van der Waals surface area contributed by atoms with E-state index in [0.717, 1.165) is 11.1 Å². The number of halogens is 1. The number of imidazole rings is 1. The number of nitrogens with one attached hydrogen (secondary N) is 1. The second-order valence-electron chi connectivity index (χ2n) is 8.19. The number of aromatic amines is 1. The highest BCUT2D eigenvalue weighted by molar-refractivity contribution is 5.89. The van der Waals surface area contributed by atoms with Gasteiger partial charge in [0.1, 0.15) is 17.3 Å². The van der Waals surface area contributed by atoms with Gasteiger partial charge < -0.3 is 19.9 Å². The average Bonchev–Trinajstić information content (AvgIpc) is 3.21. The lowest BCUT2D eigenvalue weighted by Crippen LogP contribution is -2.02. The predicted molar refractivity (Wildman–Crippen MR) is 127 cm³/mol. The summed E-state index contributed by atoms with van der Waals surface area (Å²) < 4.78 is 20.7. The zero-order valence-corrected chi connectivity index (χ0v) is 18.2. The quantitative estimate of drug-likeness (QED) is 0.326. The molecule has 6 nitrogen and oxygen atoms in total. The van der Waals surface area contributed by atoms with Gasteiger partial charge in [0.25, 0.3) is 6.01 Å². The number of para-hydroxylation sites is 1. The van der Waals surface area contributed by atoms with Crippen molar-refractivity contribution in [3.05, 3.63) is 101 Å². The summed E-state index contributed by atoms with van der Waals surface area (Å²) in [5, 5.41) is 19.4. The molecule has 170 valence electrons. The first-order valence-corrected chi connectivity index (χ1v) is 10.8. The number of carboxylic acids is 1. The van der Waals surface area contributed by atoms with Crippen molar-refractivity contribution in [1.82, 2.24) is 9.97 Å². The van der Waals surface area contributed by atoms with Crippen LogP contribution in [0, 0.1) is 12.7 Å². The fraction of sp³-hybridized carbons (Fsp3) is 0.111. The average molecular weight is 456 g/mol. The third kappa shape index (κ3) is 4.03. The van der Waals surface area contributed by atoms with Crippen LogP contribution < -0.4 is 4.74 Å². The lowest BCUT2D eigenvalue weighted by atomic mass is 9.87. The van der Waals surface area contributed by atoms with Crippen LogP contribution in [0.5, 0.6) is 17.5 Å². The Balaban J connectivity index is 1.39. The maximum Gasteiger partial charge on any atom is 0.336 e. The van der Waals surface area contributed by atoms with Gasteiger partial charge in [0.05, 0.1) is 16.6 Å². The number of aromatic hydroxyl groups is 1. The molecule has 1 unspecified atom stereocenters. The van der Waals surface area contributed by atoms with Gasteiger partial charge in [-0.3, -0.25) is 0 Å². The number of phenolic OH excluding ortho intramolecular Hbond substituents is 1. The first-order chi connectivity index (χ1) is 16.4. The highest BCUT2D eigenvalue weighted by Gasteiger charge is 2.19. The Labute approximate surface area is 194 Å². The van der Waals surface area contributed by atoms with Crippen LogP contribution in [0.2, 0.25) is 0 Å². The molecule has 1 aliphatic rings. The van der Waals surface area contributed by atoms with Crippen molar-refractivity contribution in [1.29, 1.82) is 0 Å². The fourth-order valence-corrected chi connectivity index (χ4v) is 4.13. The minimum absolute atomic E-state index is 0.141. The number of nitrogens with zero attached hydrogens (tertiary/aromatic N) is 1. The Morgan fingerprint density at radius 3 is 2.74 bits per heavy atom. The zero-order valence-electron chi connectivity index (χ0n) is 18.2. The topological polar surface area (TPSA) is 95.4 Å². The van der Waals surface area contributed by atoms with E-state index in [1.807, 2.05) is 30.4 Å². The molecule has 0 saturated heterocycles. The minimum Gasteiger partial charge on any atom is -0.507 e. The van der Waals surface area contributed by atoms with E-state index in [4.69, 9.17) is 4.74 Å². The number of ether oxygens (including phenoxy) is 1. The summed E-state index contributed by atoms with van der Waals surface area (Å²) in [5.41, 5.74) is 3.94. The van der Waals surface area contributed by atoms with Crippen LogP contribution in [-0.4, -0.2) is 26.2 Å². The van der Waals surface area contributed by atoms with Crippen molar-refractivity contribution in [2.45, 2.75) is 19.3 Å². The lowest BCUT2D eigenvalue weighted by molar-refractivity contribution is 0.0695. The van der Waals surface area contributed by atoms with Crippen LogP contribution in [0.1, 0.15) is 39.4 Å². The summed E-state index contributed by atoms with van der Waals surface area (Å²) in [6.07, 6.45) is 6.40. The zero-order chi connectivity index (χ0) is 23.8. The van der Waals surface area contributed by atoms with E-state index in [0.29, 0.717) is 34.3 Å². The number of benzene rings is 3. The molecule has 3 N–H and O–H groups in total. The lowest BCUT2D eigenvalue weighted by Gasteiger charge is -2.18. The van der Waals surface area contributed by atoms with Crippen LogP contribution in [0.4, 0.5) is 4.39 Å². The van der Waals surface area contributed by atoms with Gasteiger partial charge >= 0.3 is 5.97 Å². The Morgan fingerprint density at radius 1 is 1.18 bits per heavy atom. The molecular weight excluding hydrogens is 435 g/mol. The van der Waals surface area contributed by atoms with E-state index >= 15 is 0 Å². The van der Waals surface area contributed by atoms with E-state index < -0.39 is 5.97 Å². The molecule has 0 fully saturated rings. The molecule has 0 amide bonds. The molecule has 5 rings (SSSR count). The van der Waals surface area contributed by atoms with E-state index in [1.54, 1.807) is 37.3 Å². The molecular formula is C27H21FN2O4. The van der Waals surface area contributed by atoms with Crippen LogP contribution in [0.3, 0.4) is 0 Å². The summed E-state index contributed by atoms with van der Waals surface area (Å²) >= 11 is 0. The number of H-pyrrole nitrogens is 1. The number of carbonyl (C=O) groups is 1. The molecule has 1 atom stereocenters. The van der Waals surface area contributed by atoms with Gasteiger partial charge in [-0.25, -0.2) is 9.18 Å². The molecule has 0 saturated carbocycles. The number of carboxylic acid groups (broad SMARTS) is 1. The van der Waals surface area contributed by atoms with E-state index in [1.165, 1.54) is 12.1 Å². The third-order valence-corrected chi connectivity index (χ3v) is 5.95. The second-order valence-corrected chi connectivity index (χ2v) is 8.19. The number of phenols is 1. The summed E-state index contributed by atoms with van der Waals surface area (Å²) in [4.78, 5) is 18.7. The fourth-order valence-electron chi connectivity index (χ4n) is 4.13. The summed E-state index contributed by atoms with van der Waals surface area (Å²) in [5.74, 6) is -1.05. The second kappa shape index (κ2) is 8.51. The van der Waals surface area contributed by atoms with Crippen molar-refractivity contribution in [3.8, 4) is 17.5 Å². The first kappa shape index (κ1) is 21.5. The van der Waals surface area contributed by atoms with Gasteiger partial charge in [0, 0.05) is 17.5 Å². The predicted octanol–water partition coefficient (Wildman–Crippen LogP) is 6.33. The van der Waals surface area contributed by atoms with E-state index in [9.17, 15) is 19.4 Å². The normalized spacial score (nSPS) is 15.4.